The maximum atomic E-state index is 12.9. The third-order valence-corrected chi connectivity index (χ3v) is 4.60. The van der Waals surface area contributed by atoms with Crippen LogP contribution in [0.2, 0.25) is 0 Å². The summed E-state index contributed by atoms with van der Waals surface area (Å²) in [6.07, 6.45) is 3.62. The zero-order valence-electron chi connectivity index (χ0n) is 15.8. The van der Waals surface area contributed by atoms with Crippen molar-refractivity contribution in [2.75, 3.05) is 45.2 Å². The molecule has 9 heteroatoms. The first-order chi connectivity index (χ1) is 12.1. The summed E-state index contributed by atoms with van der Waals surface area (Å²) in [5, 5.41) is 7.28. The molecule has 1 aromatic carbocycles. The van der Waals surface area contributed by atoms with E-state index in [0.717, 1.165) is 30.1 Å². The van der Waals surface area contributed by atoms with Crippen molar-refractivity contribution < 1.29 is 9.53 Å². The van der Waals surface area contributed by atoms with Crippen LogP contribution in [0.1, 0.15) is 11.6 Å². The molecule has 3 rings (SSSR count). The summed E-state index contributed by atoms with van der Waals surface area (Å²) in [6, 6.07) is 7.69. The molecule has 150 valence electrons. The van der Waals surface area contributed by atoms with Crippen LogP contribution in [0.15, 0.2) is 36.7 Å². The Labute approximate surface area is 172 Å². The normalized spacial score (nSPS) is 14.8. The molecule has 0 radical (unpaired) electrons. The zero-order valence-corrected chi connectivity index (χ0v) is 17.4. The molecule has 1 fully saturated rings. The molecule has 1 unspecified atom stereocenters. The molecule has 0 aliphatic carbocycles. The summed E-state index contributed by atoms with van der Waals surface area (Å²) in [4.78, 5) is 17.1. The van der Waals surface area contributed by atoms with Gasteiger partial charge in [-0.1, -0.05) is 6.07 Å². The van der Waals surface area contributed by atoms with Crippen LogP contribution in [0.3, 0.4) is 0 Å². The van der Waals surface area contributed by atoms with E-state index < -0.39 is 0 Å². The average molecular weight is 416 g/mol. The predicted octanol–water partition coefficient (Wildman–Crippen LogP) is 1.88. The number of rotatable bonds is 5. The van der Waals surface area contributed by atoms with Crippen molar-refractivity contribution in [2.45, 2.75) is 6.04 Å². The maximum absolute atomic E-state index is 12.9. The van der Waals surface area contributed by atoms with Crippen molar-refractivity contribution in [3.8, 4) is 5.75 Å². The minimum atomic E-state index is -0.350. The van der Waals surface area contributed by atoms with Crippen LogP contribution in [-0.4, -0.2) is 60.9 Å². The Morgan fingerprint density at radius 3 is 2.48 bits per heavy atom. The molecule has 0 spiro atoms. The highest BCUT2D eigenvalue weighted by Gasteiger charge is 2.28. The number of likely N-dealkylation sites (N-methyl/N-ethyl adjacent to an activating group) is 1. The van der Waals surface area contributed by atoms with Gasteiger partial charge in [0.25, 0.3) is 0 Å². The van der Waals surface area contributed by atoms with E-state index >= 15 is 0 Å². The van der Waals surface area contributed by atoms with E-state index in [1.54, 1.807) is 18.0 Å². The van der Waals surface area contributed by atoms with Crippen molar-refractivity contribution in [2.24, 2.45) is 7.05 Å². The molecule has 1 atom stereocenters. The van der Waals surface area contributed by atoms with Crippen molar-refractivity contribution in [3.63, 3.8) is 0 Å². The lowest BCUT2D eigenvalue weighted by molar-refractivity contribution is -0.133. The zero-order chi connectivity index (χ0) is 17.8. The van der Waals surface area contributed by atoms with Crippen LogP contribution in [0.4, 0.5) is 5.69 Å². The second-order valence-electron chi connectivity index (χ2n) is 6.18. The lowest BCUT2D eigenvalue weighted by atomic mass is 10.1. The molecule has 0 saturated carbocycles. The number of nitrogens with one attached hydrogen (secondary N) is 1. The molecule has 1 saturated heterocycles. The minimum Gasteiger partial charge on any atom is -0.497 e. The molecule has 1 aliphatic rings. The van der Waals surface area contributed by atoms with E-state index in [1.807, 2.05) is 43.4 Å². The van der Waals surface area contributed by atoms with E-state index in [4.69, 9.17) is 4.74 Å². The van der Waals surface area contributed by atoms with E-state index in [2.05, 4.69) is 21.4 Å². The van der Waals surface area contributed by atoms with Crippen LogP contribution in [0, 0.1) is 0 Å². The number of aromatic nitrogens is 2. The average Bonchev–Trinajstić information content (AvgIpc) is 3.08. The van der Waals surface area contributed by atoms with Gasteiger partial charge in [0.2, 0.25) is 5.91 Å². The van der Waals surface area contributed by atoms with Gasteiger partial charge in [0.1, 0.15) is 11.8 Å². The number of aryl methyl sites for hydroxylation is 1. The Bertz CT molecular complexity index is 732. The predicted molar refractivity (Wildman–Crippen MR) is 111 cm³/mol. The van der Waals surface area contributed by atoms with Gasteiger partial charge in [-0.3, -0.25) is 9.48 Å². The summed E-state index contributed by atoms with van der Waals surface area (Å²) >= 11 is 0. The van der Waals surface area contributed by atoms with Gasteiger partial charge in [-0.25, -0.2) is 0 Å². The van der Waals surface area contributed by atoms with Crippen LogP contribution in [-0.2, 0) is 11.8 Å². The lowest BCUT2D eigenvalue weighted by Crippen LogP contribution is -2.51. The largest absolute Gasteiger partial charge is 0.497 e. The maximum Gasteiger partial charge on any atom is 0.244 e. The highest BCUT2D eigenvalue weighted by atomic mass is 35.5. The third kappa shape index (κ3) is 5.28. The second-order valence-corrected chi connectivity index (χ2v) is 6.18. The van der Waals surface area contributed by atoms with Gasteiger partial charge in [0.05, 0.1) is 13.3 Å². The third-order valence-electron chi connectivity index (χ3n) is 4.60. The molecule has 1 aliphatic heterocycles. The van der Waals surface area contributed by atoms with Gasteiger partial charge in [-0.2, -0.15) is 5.10 Å². The molecule has 1 N–H and O–H groups in total. The summed E-state index contributed by atoms with van der Waals surface area (Å²) in [6.45, 7) is 3.02. The number of benzene rings is 1. The monoisotopic (exact) mass is 415 g/mol. The molecular formula is C18H27Cl2N5O2. The smallest absolute Gasteiger partial charge is 0.244 e. The fraction of sp³-hybridized carbons (Fsp3) is 0.444. The number of halogens is 2. The Morgan fingerprint density at radius 1 is 1.22 bits per heavy atom. The van der Waals surface area contributed by atoms with Crippen LogP contribution in [0.5, 0.6) is 5.75 Å². The first kappa shape index (κ1) is 23.1. The summed E-state index contributed by atoms with van der Waals surface area (Å²) in [7, 11) is 5.34. The van der Waals surface area contributed by atoms with Crippen molar-refractivity contribution in [1.82, 2.24) is 20.0 Å². The fourth-order valence-electron chi connectivity index (χ4n) is 3.20. The number of anilines is 1. The molecular weight excluding hydrogens is 389 g/mol. The molecule has 1 amide bonds. The molecule has 7 nitrogen and oxygen atoms in total. The Morgan fingerprint density at radius 2 is 1.93 bits per heavy atom. The van der Waals surface area contributed by atoms with Crippen LogP contribution >= 0.6 is 24.8 Å². The number of hydrogen-bond donors (Lipinski definition) is 1. The number of carbonyl (C=O) groups excluding carboxylic acids is 1. The number of nitrogens with zero attached hydrogens (tertiary/aromatic N) is 4. The molecule has 27 heavy (non-hydrogen) atoms. The van der Waals surface area contributed by atoms with Crippen LogP contribution in [0.25, 0.3) is 0 Å². The standard InChI is InChI=1S/C18H25N5O2.2ClH/c1-19-17(14-12-20-21(2)13-14)18(24)23-9-7-22(8-10-23)15-5-4-6-16(11-15)25-3;;/h4-6,11-13,17,19H,7-10H2,1-3H3;2*1H. The van der Waals surface area contributed by atoms with Crippen molar-refractivity contribution in [1.29, 1.82) is 0 Å². The first-order valence-corrected chi connectivity index (χ1v) is 8.46. The van der Waals surface area contributed by atoms with E-state index in [1.165, 1.54) is 0 Å². The Balaban J connectivity index is 0.00000182. The topological polar surface area (TPSA) is 62.6 Å². The van der Waals surface area contributed by atoms with E-state index in [-0.39, 0.29) is 36.8 Å². The highest BCUT2D eigenvalue weighted by Crippen LogP contribution is 2.23. The number of hydrogen-bond acceptors (Lipinski definition) is 5. The fourth-order valence-corrected chi connectivity index (χ4v) is 3.20. The molecule has 2 aromatic rings. The van der Waals surface area contributed by atoms with Crippen molar-refractivity contribution in [3.05, 3.63) is 42.2 Å². The lowest BCUT2D eigenvalue weighted by Gasteiger charge is -2.37. The van der Waals surface area contributed by atoms with Crippen molar-refractivity contribution >= 4 is 36.4 Å². The highest BCUT2D eigenvalue weighted by molar-refractivity contribution is 5.85. The van der Waals surface area contributed by atoms with Gasteiger partial charge in [0, 0.05) is 56.7 Å². The number of amides is 1. The quantitative estimate of drug-likeness (QED) is 0.807. The summed E-state index contributed by atoms with van der Waals surface area (Å²) in [5.41, 5.74) is 2.02. The molecule has 2 heterocycles. The number of piperazine rings is 1. The van der Waals surface area contributed by atoms with Gasteiger partial charge in [-0.15, -0.1) is 24.8 Å². The van der Waals surface area contributed by atoms with E-state index in [9.17, 15) is 4.79 Å². The summed E-state index contributed by atoms with van der Waals surface area (Å²) < 4.78 is 7.01. The van der Waals surface area contributed by atoms with Crippen LogP contribution < -0.4 is 15.0 Å². The molecule has 0 bridgehead atoms. The number of carbonyl (C=O) groups is 1. The molecule has 1 aromatic heterocycles. The summed E-state index contributed by atoms with van der Waals surface area (Å²) in [5.74, 6) is 0.948. The minimum absolute atomic E-state index is 0. The first-order valence-electron chi connectivity index (χ1n) is 8.46. The second kappa shape index (κ2) is 10.4. The van der Waals surface area contributed by atoms with E-state index in [0.29, 0.717) is 13.1 Å². The van der Waals surface area contributed by atoms with Gasteiger partial charge in [0.15, 0.2) is 0 Å². The Hall–Kier alpha value is -1.96. The number of methoxy groups -OCH3 is 1. The Kier molecular flexibility index (Phi) is 8.88. The SMILES string of the molecule is CNC(C(=O)N1CCN(c2cccc(OC)c2)CC1)c1cnn(C)c1.Cl.Cl. The number of ether oxygens (including phenoxy) is 1. The van der Waals surface area contributed by atoms with Gasteiger partial charge < -0.3 is 19.9 Å². The van der Waals surface area contributed by atoms with Gasteiger partial charge in [-0.05, 0) is 19.2 Å². The van der Waals surface area contributed by atoms with Gasteiger partial charge >= 0.3 is 0 Å².